The second-order valence-corrected chi connectivity index (χ2v) is 5.79. The van der Waals surface area contributed by atoms with E-state index in [0.29, 0.717) is 13.4 Å². The highest BCUT2D eigenvalue weighted by molar-refractivity contribution is 5.53. The second-order valence-electron chi connectivity index (χ2n) is 5.79. The lowest BCUT2D eigenvalue weighted by Gasteiger charge is -2.28. The van der Waals surface area contributed by atoms with E-state index >= 15 is 0 Å². The number of nitrogens with two attached hydrogens (primary N) is 1. The second kappa shape index (κ2) is 7.66. The molecule has 2 rings (SSSR count). The largest absolute Gasteiger partial charge is 0.467 e. The van der Waals surface area contributed by atoms with Gasteiger partial charge in [0.15, 0.2) is 6.79 Å². The molecule has 0 amide bonds. The SMILES string of the molecule is CCC(CC)CN(CC)Cc1cc(N)cc2c1OCOC2. The van der Waals surface area contributed by atoms with E-state index < -0.39 is 0 Å². The molecule has 21 heavy (non-hydrogen) atoms. The molecule has 2 N–H and O–H groups in total. The number of rotatable bonds is 7. The van der Waals surface area contributed by atoms with Gasteiger partial charge in [0.2, 0.25) is 0 Å². The summed E-state index contributed by atoms with van der Waals surface area (Å²) >= 11 is 0. The quantitative estimate of drug-likeness (QED) is 0.783. The molecule has 0 aromatic heterocycles. The molecule has 118 valence electrons. The Hall–Kier alpha value is -1.26. The van der Waals surface area contributed by atoms with E-state index in [2.05, 4.69) is 25.7 Å². The van der Waals surface area contributed by atoms with E-state index in [1.807, 2.05) is 12.1 Å². The van der Waals surface area contributed by atoms with Gasteiger partial charge < -0.3 is 15.2 Å². The Morgan fingerprint density at radius 2 is 2.00 bits per heavy atom. The standard InChI is InChI=1S/C17H28N2O2/c1-4-13(5-2)9-19(6-3)10-14-7-16(18)8-15-11-20-12-21-17(14)15/h7-8,13H,4-6,9-12,18H2,1-3H3. The van der Waals surface area contributed by atoms with Gasteiger partial charge in [-0.1, -0.05) is 33.6 Å². The summed E-state index contributed by atoms with van der Waals surface area (Å²) in [5.74, 6) is 1.73. The van der Waals surface area contributed by atoms with Crippen LogP contribution < -0.4 is 10.5 Å². The molecule has 0 fully saturated rings. The van der Waals surface area contributed by atoms with E-state index in [-0.39, 0.29) is 0 Å². The Bertz CT molecular complexity index is 458. The average Bonchev–Trinajstić information content (AvgIpc) is 2.51. The minimum Gasteiger partial charge on any atom is -0.467 e. The molecule has 0 atom stereocenters. The molecule has 0 spiro atoms. The first-order valence-electron chi connectivity index (χ1n) is 8.02. The lowest BCUT2D eigenvalue weighted by atomic mass is 10.0. The molecule has 1 aliphatic rings. The lowest BCUT2D eigenvalue weighted by molar-refractivity contribution is -0.0174. The summed E-state index contributed by atoms with van der Waals surface area (Å²) in [6.07, 6.45) is 2.46. The highest BCUT2D eigenvalue weighted by Gasteiger charge is 2.18. The maximum absolute atomic E-state index is 6.02. The fourth-order valence-corrected chi connectivity index (χ4v) is 2.90. The monoisotopic (exact) mass is 292 g/mol. The van der Waals surface area contributed by atoms with Crippen LogP contribution in [0.2, 0.25) is 0 Å². The van der Waals surface area contributed by atoms with Crippen molar-refractivity contribution in [2.75, 3.05) is 25.6 Å². The van der Waals surface area contributed by atoms with Crippen molar-refractivity contribution in [2.45, 2.75) is 46.8 Å². The van der Waals surface area contributed by atoms with Crippen molar-refractivity contribution in [1.29, 1.82) is 0 Å². The number of anilines is 1. The summed E-state index contributed by atoms with van der Waals surface area (Å²) in [4.78, 5) is 2.48. The molecule has 1 aromatic carbocycles. The van der Waals surface area contributed by atoms with Crippen molar-refractivity contribution in [2.24, 2.45) is 5.92 Å². The zero-order valence-electron chi connectivity index (χ0n) is 13.5. The van der Waals surface area contributed by atoms with Crippen LogP contribution in [0.15, 0.2) is 12.1 Å². The third-order valence-corrected chi connectivity index (χ3v) is 4.32. The van der Waals surface area contributed by atoms with E-state index in [4.69, 9.17) is 15.2 Å². The molecule has 0 unspecified atom stereocenters. The smallest absolute Gasteiger partial charge is 0.189 e. The summed E-state index contributed by atoms with van der Waals surface area (Å²) in [6, 6.07) is 3.99. The van der Waals surface area contributed by atoms with Gasteiger partial charge in [0.25, 0.3) is 0 Å². The first-order chi connectivity index (χ1) is 10.2. The van der Waals surface area contributed by atoms with Crippen molar-refractivity contribution >= 4 is 5.69 Å². The first kappa shape index (κ1) is 16.1. The number of hydrogen-bond acceptors (Lipinski definition) is 4. The minimum atomic E-state index is 0.336. The van der Waals surface area contributed by atoms with Crippen molar-refractivity contribution in [3.8, 4) is 5.75 Å². The Morgan fingerprint density at radius 3 is 2.67 bits per heavy atom. The molecule has 1 aliphatic heterocycles. The summed E-state index contributed by atoms with van der Waals surface area (Å²) < 4.78 is 11.1. The Morgan fingerprint density at radius 1 is 1.24 bits per heavy atom. The van der Waals surface area contributed by atoms with Crippen LogP contribution in [0.25, 0.3) is 0 Å². The van der Waals surface area contributed by atoms with Gasteiger partial charge in [-0.3, -0.25) is 4.90 Å². The molecule has 0 saturated carbocycles. The van der Waals surface area contributed by atoms with Crippen LogP contribution in [0.1, 0.15) is 44.7 Å². The molecule has 4 nitrogen and oxygen atoms in total. The van der Waals surface area contributed by atoms with E-state index in [9.17, 15) is 0 Å². The Kier molecular flexibility index (Phi) is 5.88. The van der Waals surface area contributed by atoms with Gasteiger partial charge in [-0.2, -0.15) is 0 Å². The molecule has 0 bridgehead atoms. The maximum Gasteiger partial charge on any atom is 0.189 e. The van der Waals surface area contributed by atoms with Crippen molar-refractivity contribution in [3.05, 3.63) is 23.3 Å². The van der Waals surface area contributed by atoms with Gasteiger partial charge in [-0.15, -0.1) is 0 Å². The van der Waals surface area contributed by atoms with Crippen LogP contribution in [-0.4, -0.2) is 24.8 Å². The van der Waals surface area contributed by atoms with Gasteiger partial charge in [-0.05, 0) is 24.6 Å². The highest BCUT2D eigenvalue weighted by atomic mass is 16.7. The predicted molar refractivity (Wildman–Crippen MR) is 86.2 cm³/mol. The highest BCUT2D eigenvalue weighted by Crippen LogP contribution is 2.31. The summed E-state index contributed by atoms with van der Waals surface area (Å²) in [5.41, 5.74) is 9.06. The van der Waals surface area contributed by atoms with Gasteiger partial charge in [0.1, 0.15) is 5.75 Å². The number of hydrogen-bond donors (Lipinski definition) is 1. The van der Waals surface area contributed by atoms with Gasteiger partial charge in [0, 0.05) is 29.9 Å². The number of nitrogen functional groups attached to an aromatic ring is 1. The number of nitrogens with zero attached hydrogens (tertiary/aromatic N) is 1. The van der Waals surface area contributed by atoms with Crippen molar-refractivity contribution in [1.82, 2.24) is 4.90 Å². The number of fused-ring (bicyclic) bond motifs is 1. The Labute approximate surface area is 128 Å². The third-order valence-electron chi connectivity index (χ3n) is 4.32. The summed E-state index contributed by atoms with van der Waals surface area (Å²) in [7, 11) is 0. The molecule has 1 heterocycles. The molecular formula is C17H28N2O2. The van der Waals surface area contributed by atoms with Gasteiger partial charge >= 0.3 is 0 Å². The number of ether oxygens (including phenoxy) is 2. The minimum absolute atomic E-state index is 0.336. The summed E-state index contributed by atoms with van der Waals surface area (Å²) in [5, 5.41) is 0. The van der Waals surface area contributed by atoms with Crippen LogP contribution in [-0.2, 0) is 17.9 Å². The molecule has 0 saturated heterocycles. The van der Waals surface area contributed by atoms with E-state index in [0.717, 1.165) is 42.6 Å². The lowest BCUT2D eigenvalue weighted by Crippen LogP contribution is -2.29. The summed E-state index contributed by atoms with van der Waals surface area (Å²) in [6.45, 7) is 10.7. The zero-order valence-corrected chi connectivity index (χ0v) is 13.5. The zero-order chi connectivity index (χ0) is 15.2. The van der Waals surface area contributed by atoms with E-state index in [1.54, 1.807) is 0 Å². The topological polar surface area (TPSA) is 47.7 Å². The van der Waals surface area contributed by atoms with Crippen LogP contribution in [0.5, 0.6) is 5.75 Å². The Balaban J connectivity index is 2.15. The molecule has 0 radical (unpaired) electrons. The fraction of sp³-hybridized carbons (Fsp3) is 0.647. The maximum atomic E-state index is 6.02. The van der Waals surface area contributed by atoms with Crippen molar-refractivity contribution in [3.63, 3.8) is 0 Å². The van der Waals surface area contributed by atoms with E-state index in [1.165, 1.54) is 18.4 Å². The predicted octanol–water partition coefficient (Wildman–Crippen LogP) is 3.39. The fourth-order valence-electron chi connectivity index (χ4n) is 2.90. The van der Waals surface area contributed by atoms with Crippen LogP contribution in [0.3, 0.4) is 0 Å². The average molecular weight is 292 g/mol. The molecular weight excluding hydrogens is 264 g/mol. The van der Waals surface area contributed by atoms with Crippen LogP contribution in [0, 0.1) is 5.92 Å². The number of benzene rings is 1. The normalized spacial score (nSPS) is 14.3. The molecule has 0 aliphatic carbocycles. The van der Waals surface area contributed by atoms with Crippen molar-refractivity contribution < 1.29 is 9.47 Å². The van der Waals surface area contributed by atoms with Crippen LogP contribution in [0.4, 0.5) is 5.69 Å². The van der Waals surface area contributed by atoms with Gasteiger partial charge in [0.05, 0.1) is 6.61 Å². The molecule has 1 aromatic rings. The first-order valence-corrected chi connectivity index (χ1v) is 8.02. The molecule has 4 heteroatoms. The third kappa shape index (κ3) is 4.11. The van der Waals surface area contributed by atoms with Crippen LogP contribution >= 0.6 is 0 Å². The van der Waals surface area contributed by atoms with Gasteiger partial charge in [-0.25, -0.2) is 0 Å².